The van der Waals surface area contributed by atoms with Gasteiger partial charge in [0.05, 0.1) is 18.6 Å². The average molecular weight is 134 g/mol. The molecule has 1 aliphatic heterocycles. The van der Waals surface area contributed by atoms with E-state index >= 15 is 0 Å². The number of hydrogen-bond acceptors (Lipinski definition) is 3. The van der Waals surface area contributed by atoms with Crippen LogP contribution in [0.15, 0.2) is 36.1 Å². The van der Waals surface area contributed by atoms with Crippen LogP contribution in [0, 0.1) is 0 Å². The molecule has 0 spiro atoms. The van der Waals surface area contributed by atoms with Crippen LogP contribution in [0.1, 0.15) is 0 Å². The molecule has 10 heavy (non-hydrogen) atoms. The third-order valence-corrected chi connectivity index (χ3v) is 1.22. The first-order chi connectivity index (χ1) is 4.97. The van der Waals surface area contributed by atoms with Gasteiger partial charge < -0.3 is 0 Å². The summed E-state index contributed by atoms with van der Waals surface area (Å²) in [5.41, 5.74) is 0. The highest BCUT2D eigenvalue weighted by molar-refractivity contribution is 5.72. The molecule has 4 heteroatoms. The van der Waals surface area contributed by atoms with E-state index in [1.807, 2.05) is 18.5 Å². The van der Waals surface area contributed by atoms with Gasteiger partial charge in [0.2, 0.25) is 6.20 Å². The van der Waals surface area contributed by atoms with Gasteiger partial charge >= 0.3 is 0 Å². The predicted molar refractivity (Wildman–Crippen MR) is 37.4 cm³/mol. The molecule has 1 radical (unpaired) electrons. The van der Waals surface area contributed by atoms with Crippen molar-refractivity contribution in [1.82, 2.24) is 14.8 Å². The Morgan fingerprint density at radius 2 is 2.40 bits per heavy atom. The van der Waals surface area contributed by atoms with Crippen molar-refractivity contribution in [2.24, 2.45) is 5.10 Å². The van der Waals surface area contributed by atoms with Crippen LogP contribution < -0.4 is 5.12 Å². The first kappa shape index (κ1) is 5.37. The fourth-order valence-electron chi connectivity index (χ4n) is 0.771. The standard InChI is InChI=1S/C6H6N4/c1-2-8-10(4-1)9-5-3-7-6-9/h1-6H/q+1. The van der Waals surface area contributed by atoms with Crippen molar-refractivity contribution in [2.75, 3.05) is 0 Å². The second-order valence-corrected chi connectivity index (χ2v) is 1.87. The molecule has 0 fully saturated rings. The normalized spacial score (nSPS) is 16.8. The first-order valence-electron chi connectivity index (χ1n) is 2.95. The molecule has 0 saturated carbocycles. The molecule has 0 unspecified atom stereocenters. The number of nitrogens with zero attached hydrogens (tertiary/aromatic N) is 4. The monoisotopic (exact) mass is 134 g/mol. The summed E-state index contributed by atoms with van der Waals surface area (Å²) in [5, 5.41) is 5.69. The second kappa shape index (κ2) is 2.07. The zero-order valence-corrected chi connectivity index (χ0v) is 5.25. The summed E-state index contributed by atoms with van der Waals surface area (Å²) in [5.74, 6) is 0. The van der Waals surface area contributed by atoms with Crippen molar-refractivity contribution in [3.63, 3.8) is 0 Å². The van der Waals surface area contributed by atoms with E-state index in [0.717, 1.165) is 0 Å². The molecule has 0 saturated heterocycles. The minimum absolute atomic E-state index is 1.69. The van der Waals surface area contributed by atoms with Gasteiger partial charge in [-0.05, 0) is 0 Å². The van der Waals surface area contributed by atoms with Crippen LogP contribution in [-0.2, 0) is 0 Å². The zero-order chi connectivity index (χ0) is 6.81. The van der Waals surface area contributed by atoms with E-state index in [-0.39, 0.29) is 0 Å². The number of imidazole rings is 1. The Bertz CT molecular complexity index is 247. The number of allylic oxidation sites excluding steroid dienone is 1. The van der Waals surface area contributed by atoms with Crippen molar-refractivity contribution >= 4 is 6.21 Å². The van der Waals surface area contributed by atoms with Gasteiger partial charge in [-0.3, -0.25) is 0 Å². The lowest BCUT2D eigenvalue weighted by Crippen LogP contribution is -2.19. The van der Waals surface area contributed by atoms with Crippen LogP contribution in [0.4, 0.5) is 0 Å². The van der Waals surface area contributed by atoms with Gasteiger partial charge in [0, 0.05) is 11.2 Å². The number of aromatic nitrogens is 2. The number of hydrazone groups is 1. The molecule has 0 aromatic carbocycles. The summed E-state index contributed by atoms with van der Waals surface area (Å²) >= 11 is 0. The molecule has 49 valence electrons. The topological polar surface area (TPSA) is 36.1 Å². The maximum Gasteiger partial charge on any atom is 0.211 e. The highest BCUT2D eigenvalue weighted by Crippen LogP contribution is 1.95. The lowest BCUT2D eigenvalue weighted by Gasteiger charge is -1.91. The fraction of sp³-hybridized carbons (Fsp3) is 0. The zero-order valence-electron chi connectivity index (χ0n) is 5.25. The molecule has 0 bridgehead atoms. The van der Waals surface area contributed by atoms with Gasteiger partial charge in [-0.2, -0.15) is 0 Å². The summed E-state index contributed by atoms with van der Waals surface area (Å²) in [4.78, 5) is 3.88. The molecule has 0 aliphatic carbocycles. The van der Waals surface area contributed by atoms with E-state index in [9.17, 15) is 0 Å². The van der Waals surface area contributed by atoms with Gasteiger partial charge in [0.25, 0.3) is 0 Å². The Balaban J connectivity index is 2.29. The molecule has 0 N–H and O–H groups in total. The van der Waals surface area contributed by atoms with Crippen LogP contribution in [0.5, 0.6) is 0 Å². The molecular weight excluding hydrogens is 128 g/mol. The third-order valence-electron chi connectivity index (χ3n) is 1.22. The lowest BCUT2D eigenvalue weighted by molar-refractivity contribution is 0.458. The van der Waals surface area contributed by atoms with E-state index in [1.54, 1.807) is 28.5 Å². The van der Waals surface area contributed by atoms with Gasteiger partial charge in [-0.1, -0.05) is 0 Å². The van der Waals surface area contributed by atoms with E-state index in [0.29, 0.717) is 0 Å². The van der Waals surface area contributed by atoms with Crippen molar-refractivity contribution < 1.29 is 0 Å². The van der Waals surface area contributed by atoms with E-state index in [1.165, 1.54) is 0 Å². The van der Waals surface area contributed by atoms with Crippen LogP contribution in [-0.4, -0.2) is 15.9 Å². The van der Waals surface area contributed by atoms with Gasteiger partial charge in [-0.25, -0.2) is 4.98 Å². The molecule has 1 aromatic heterocycles. The van der Waals surface area contributed by atoms with Crippen LogP contribution in [0.25, 0.3) is 0 Å². The minimum Gasteiger partial charge on any atom is -0.239 e. The predicted octanol–water partition coefficient (Wildman–Crippen LogP) is 0.299. The summed E-state index contributed by atoms with van der Waals surface area (Å²) in [6.07, 6.45) is 10.7. The van der Waals surface area contributed by atoms with E-state index in [4.69, 9.17) is 0 Å². The SMILES string of the molecule is C1=C[N+](n2ccnc2)N=C1. The maximum atomic E-state index is 4.00. The molecule has 1 aromatic rings. The van der Waals surface area contributed by atoms with Crippen LogP contribution in [0.3, 0.4) is 0 Å². The van der Waals surface area contributed by atoms with Crippen molar-refractivity contribution in [3.05, 3.63) is 31.0 Å². The van der Waals surface area contributed by atoms with Gasteiger partial charge in [0.15, 0.2) is 6.33 Å². The Kier molecular flexibility index (Phi) is 1.11. The van der Waals surface area contributed by atoms with Gasteiger partial charge in [-0.15, -0.1) is 4.68 Å². The van der Waals surface area contributed by atoms with Gasteiger partial charge in [0.1, 0.15) is 5.12 Å². The highest BCUT2D eigenvalue weighted by Gasteiger charge is 2.14. The molecule has 1 aliphatic rings. The smallest absolute Gasteiger partial charge is 0.211 e. The maximum absolute atomic E-state index is 4.00. The second-order valence-electron chi connectivity index (χ2n) is 1.87. The summed E-state index contributed by atoms with van der Waals surface area (Å²) in [6.45, 7) is 0. The Labute approximate surface area is 58.1 Å². The molecule has 0 amide bonds. The van der Waals surface area contributed by atoms with Crippen molar-refractivity contribution in [2.45, 2.75) is 0 Å². The number of rotatable bonds is 1. The first-order valence-corrected chi connectivity index (χ1v) is 2.95. The quantitative estimate of drug-likeness (QED) is 0.509. The lowest BCUT2D eigenvalue weighted by atomic mass is 10.7. The van der Waals surface area contributed by atoms with Crippen molar-refractivity contribution in [1.29, 1.82) is 0 Å². The van der Waals surface area contributed by atoms with E-state index in [2.05, 4.69) is 10.1 Å². The van der Waals surface area contributed by atoms with E-state index < -0.39 is 0 Å². The summed E-state index contributed by atoms with van der Waals surface area (Å²) < 4.78 is 1.78. The Morgan fingerprint density at radius 1 is 1.40 bits per heavy atom. The third kappa shape index (κ3) is 0.745. The largest absolute Gasteiger partial charge is 0.239 e. The molecule has 0 atom stereocenters. The molecule has 4 nitrogen and oxygen atoms in total. The number of hydrogen-bond donors (Lipinski definition) is 0. The molecule has 2 rings (SSSR count). The van der Waals surface area contributed by atoms with Crippen LogP contribution >= 0.6 is 0 Å². The molecular formula is C6H6N4+. The van der Waals surface area contributed by atoms with Crippen LogP contribution in [0.2, 0.25) is 0 Å². The molecule has 2 heterocycles. The summed E-state index contributed by atoms with van der Waals surface area (Å²) in [6, 6.07) is 0. The van der Waals surface area contributed by atoms with Crippen molar-refractivity contribution in [3.8, 4) is 0 Å². The average Bonchev–Trinajstić information content (AvgIpc) is 2.59. The minimum atomic E-state index is 1.69. The Morgan fingerprint density at radius 3 is 3.00 bits per heavy atom. The Hall–Kier alpha value is -1.42. The summed E-state index contributed by atoms with van der Waals surface area (Å²) in [7, 11) is 0. The highest BCUT2D eigenvalue weighted by atomic mass is 15.7. The fourth-order valence-corrected chi connectivity index (χ4v) is 0.771.